The molecule has 4 rings (SSSR count). The molecule has 156 valence electrons. The largest absolute Gasteiger partial charge is 0.496 e. The summed E-state index contributed by atoms with van der Waals surface area (Å²) in [6.07, 6.45) is 4.29. The lowest BCUT2D eigenvalue weighted by atomic mass is 10.1. The predicted octanol–water partition coefficient (Wildman–Crippen LogP) is 3.76. The van der Waals surface area contributed by atoms with E-state index >= 15 is 0 Å². The maximum atomic E-state index is 13.2. The van der Waals surface area contributed by atoms with Crippen LogP contribution < -0.4 is 10.1 Å². The zero-order chi connectivity index (χ0) is 21.1. The Kier molecular flexibility index (Phi) is 5.86. The summed E-state index contributed by atoms with van der Waals surface area (Å²) in [5, 5.41) is 7.85. The molecular weight excluding hydrogens is 376 g/mol. The summed E-state index contributed by atoms with van der Waals surface area (Å²) in [5.41, 5.74) is 2.83. The Morgan fingerprint density at radius 2 is 1.90 bits per heavy atom. The number of aromatic nitrogens is 2. The number of carbonyl (C=O) groups is 1. The van der Waals surface area contributed by atoms with Gasteiger partial charge < -0.3 is 10.1 Å². The Balaban J connectivity index is 1.64. The summed E-state index contributed by atoms with van der Waals surface area (Å²) in [5.74, 6) is 0.556. The summed E-state index contributed by atoms with van der Waals surface area (Å²) in [7, 11) is 3.75. The number of hydrogen-bond acceptors (Lipinski definition) is 4. The van der Waals surface area contributed by atoms with Crippen LogP contribution in [0.25, 0.3) is 16.9 Å². The van der Waals surface area contributed by atoms with Crippen LogP contribution in [0, 0.1) is 0 Å². The van der Waals surface area contributed by atoms with Gasteiger partial charge in [0.1, 0.15) is 11.4 Å². The highest BCUT2D eigenvalue weighted by molar-refractivity contribution is 6.00. The van der Waals surface area contributed by atoms with Crippen molar-refractivity contribution in [1.82, 2.24) is 20.0 Å². The quantitative estimate of drug-likeness (QED) is 0.621. The van der Waals surface area contributed by atoms with Gasteiger partial charge in [-0.25, -0.2) is 4.68 Å². The minimum Gasteiger partial charge on any atom is -0.496 e. The molecule has 0 saturated heterocycles. The monoisotopic (exact) mass is 404 g/mol. The highest BCUT2D eigenvalue weighted by Crippen LogP contribution is 2.32. The van der Waals surface area contributed by atoms with E-state index in [9.17, 15) is 4.79 Å². The molecule has 6 nitrogen and oxygen atoms in total. The van der Waals surface area contributed by atoms with Gasteiger partial charge in [-0.05, 0) is 51.1 Å². The Bertz CT molecular complexity index is 1010. The van der Waals surface area contributed by atoms with Gasteiger partial charge in [-0.2, -0.15) is 5.10 Å². The molecule has 0 spiro atoms. The number of likely N-dealkylation sites (N-methyl/N-ethyl adjacent to an activating group) is 1. The van der Waals surface area contributed by atoms with Crippen molar-refractivity contribution in [3.63, 3.8) is 0 Å². The first-order chi connectivity index (χ1) is 14.6. The molecular formula is C24H28N4O2. The fraction of sp³-hybridized carbons (Fsp3) is 0.333. The van der Waals surface area contributed by atoms with Gasteiger partial charge in [0.2, 0.25) is 0 Å². The summed E-state index contributed by atoms with van der Waals surface area (Å²) in [4.78, 5) is 15.5. The molecule has 0 bridgehead atoms. The summed E-state index contributed by atoms with van der Waals surface area (Å²) >= 11 is 0. The van der Waals surface area contributed by atoms with E-state index in [1.54, 1.807) is 18.0 Å². The van der Waals surface area contributed by atoms with Gasteiger partial charge in [-0.1, -0.05) is 30.3 Å². The number of nitrogens with zero attached hydrogens (tertiary/aromatic N) is 3. The number of ether oxygens (including phenoxy) is 1. The van der Waals surface area contributed by atoms with Crippen LogP contribution in [0.2, 0.25) is 0 Å². The normalized spacial score (nSPS) is 14.5. The molecule has 1 aliphatic rings. The SMILES string of the molecule is COc1ccccc1-c1nn(-c2ccccc2)cc1C(=O)NCC(C)N(C)C1CC1. The molecule has 1 aromatic heterocycles. The van der Waals surface area contributed by atoms with Gasteiger partial charge in [0.05, 0.1) is 18.4 Å². The number of methoxy groups -OCH3 is 1. The Morgan fingerprint density at radius 3 is 2.60 bits per heavy atom. The van der Waals surface area contributed by atoms with Gasteiger partial charge in [-0.3, -0.25) is 9.69 Å². The summed E-state index contributed by atoms with van der Waals surface area (Å²) < 4.78 is 7.27. The third-order valence-electron chi connectivity index (χ3n) is 5.72. The third-order valence-corrected chi connectivity index (χ3v) is 5.72. The standard InChI is InChI=1S/C24H28N4O2/c1-17(27(2)18-13-14-18)15-25-24(29)21-16-28(19-9-5-4-6-10-19)26-23(21)20-11-7-8-12-22(20)30-3/h4-12,16-18H,13-15H2,1-3H3,(H,25,29). The van der Waals surface area contributed by atoms with E-state index < -0.39 is 0 Å². The maximum absolute atomic E-state index is 13.2. The number of amides is 1. The molecule has 1 heterocycles. The van der Waals surface area contributed by atoms with Crippen LogP contribution in [-0.4, -0.2) is 53.4 Å². The van der Waals surface area contributed by atoms with E-state index in [1.807, 2.05) is 54.6 Å². The molecule has 1 aliphatic carbocycles. The number of hydrogen-bond donors (Lipinski definition) is 1. The van der Waals surface area contributed by atoms with E-state index in [2.05, 4.69) is 24.2 Å². The van der Waals surface area contributed by atoms with E-state index in [4.69, 9.17) is 9.84 Å². The molecule has 1 fully saturated rings. The van der Waals surface area contributed by atoms with E-state index in [0.717, 1.165) is 11.3 Å². The van der Waals surface area contributed by atoms with E-state index in [0.29, 0.717) is 29.6 Å². The molecule has 3 aromatic rings. The highest BCUT2D eigenvalue weighted by atomic mass is 16.5. The predicted molar refractivity (Wildman–Crippen MR) is 118 cm³/mol. The lowest BCUT2D eigenvalue weighted by molar-refractivity contribution is 0.0940. The van der Waals surface area contributed by atoms with Crippen molar-refractivity contribution < 1.29 is 9.53 Å². The number of nitrogens with one attached hydrogen (secondary N) is 1. The van der Waals surface area contributed by atoms with Crippen molar-refractivity contribution in [1.29, 1.82) is 0 Å². The van der Waals surface area contributed by atoms with Gasteiger partial charge in [-0.15, -0.1) is 0 Å². The van der Waals surface area contributed by atoms with Crippen molar-refractivity contribution in [2.24, 2.45) is 0 Å². The zero-order valence-electron chi connectivity index (χ0n) is 17.7. The van der Waals surface area contributed by atoms with Crippen LogP contribution in [0.15, 0.2) is 60.8 Å². The highest BCUT2D eigenvalue weighted by Gasteiger charge is 2.29. The van der Waals surface area contributed by atoms with Crippen molar-refractivity contribution in [3.8, 4) is 22.7 Å². The lowest BCUT2D eigenvalue weighted by Gasteiger charge is -2.24. The number of rotatable bonds is 8. The molecule has 1 atom stereocenters. The molecule has 30 heavy (non-hydrogen) atoms. The first kappa shape index (κ1) is 20.2. The second-order valence-corrected chi connectivity index (χ2v) is 7.83. The van der Waals surface area contributed by atoms with Gasteiger partial charge in [0.25, 0.3) is 5.91 Å². The third kappa shape index (κ3) is 4.24. The van der Waals surface area contributed by atoms with Crippen LogP contribution in [0.5, 0.6) is 5.75 Å². The van der Waals surface area contributed by atoms with Crippen LogP contribution >= 0.6 is 0 Å². The Labute approximate surface area is 177 Å². The number of para-hydroxylation sites is 2. The van der Waals surface area contributed by atoms with Crippen LogP contribution in [-0.2, 0) is 0 Å². The molecule has 0 radical (unpaired) electrons. The molecule has 1 unspecified atom stereocenters. The van der Waals surface area contributed by atoms with Crippen molar-refractivity contribution in [2.45, 2.75) is 31.8 Å². The first-order valence-electron chi connectivity index (χ1n) is 10.4. The minimum atomic E-state index is -0.130. The van der Waals surface area contributed by atoms with Crippen LogP contribution in [0.3, 0.4) is 0 Å². The zero-order valence-corrected chi connectivity index (χ0v) is 17.7. The fourth-order valence-electron chi connectivity index (χ4n) is 3.61. The summed E-state index contributed by atoms with van der Waals surface area (Å²) in [6, 6.07) is 18.4. The number of benzene rings is 2. The topological polar surface area (TPSA) is 59.4 Å². The fourth-order valence-corrected chi connectivity index (χ4v) is 3.61. The van der Waals surface area contributed by atoms with E-state index in [1.165, 1.54) is 12.8 Å². The molecule has 0 aliphatic heterocycles. The molecule has 1 amide bonds. The van der Waals surface area contributed by atoms with E-state index in [-0.39, 0.29) is 11.9 Å². The lowest BCUT2D eigenvalue weighted by Crippen LogP contribution is -2.41. The molecule has 6 heteroatoms. The molecule has 1 saturated carbocycles. The van der Waals surface area contributed by atoms with Gasteiger partial charge in [0, 0.05) is 30.4 Å². The number of carbonyl (C=O) groups excluding carboxylic acids is 1. The second-order valence-electron chi connectivity index (χ2n) is 7.83. The maximum Gasteiger partial charge on any atom is 0.255 e. The second kappa shape index (κ2) is 8.71. The Hall–Kier alpha value is -3.12. The minimum absolute atomic E-state index is 0.130. The van der Waals surface area contributed by atoms with Crippen LogP contribution in [0.1, 0.15) is 30.1 Å². The molecule has 2 aromatic carbocycles. The van der Waals surface area contributed by atoms with Crippen molar-refractivity contribution in [2.75, 3.05) is 20.7 Å². The van der Waals surface area contributed by atoms with Crippen molar-refractivity contribution >= 4 is 5.91 Å². The average Bonchev–Trinajstić information content (AvgIpc) is 3.55. The smallest absolute Gasteiger partial charge is 0.255 e. The summed E-state index contributed by atoms with van der Waals surface area (Å²) in [6.45, 7) is 2.74. The van der Waals surface area contributed by atoms with Crippen LogP contribution in [0.4, 0.5) is 0 Å². The van der Waals surface area contributed by atoms with Gasteiger partial charge in [0.15, 0.2) is 0 Å². The average molecular weight is 405 g/mol. The first-order valence-corrected chi connectivity index (χ1v) is 10.4. The van der Waals surface area contributed by atoms with Gasteiger partial charge >= 0.3 is 0 Å². The van der Waals surface area contributed by atoms with Crippen molar-refractivity contribution in [3.05, 3.63) is 66.4 Å². The Morgan fingerprint density at radius 1 is 1.20 bits per heavy atom. The molecule has 1 N–H and O–H groups in total.